The van der Waals surface area contributed by atoms with Crippen molar-refractivity contribution in [2.75, 3.05) is 0 Å². The quantitative estimate of drug-likeness (QED) is 0.489. The maximum absolute atomic E-state index is 10.7. The van der Waals surface area contributed by atoms with Crippen molar-refractivity contribution in [1.82, 2.24) is 4.98 Å². The number of aromatic nitrogens is 1. The fourth-order valence-corrected chi connectivity index (χ4v) is 2.33. The minimum atomic E-state index is -0.413. The summed E-state index contributed by atoms with van der Waals surface area (Å²) < 4.78 is 5.54. The lowest BCUT2D eigenvalue weighted by Gasteiger charge is -2.00. The molecule has 1 aromatic heterocycles. The Kier molecular flexibility index (Phi) is 3.80. The molecule has 0 atom stereocenters. The largest absolute Gasteiger partial charge is 0.440 e. The first kappa shape index (κ1) is 12.1. The summed E-state index contributed by atoms with van der Waals surface area (Å²) in [6, 6.07) is 5.04. The lowest BCUT2D eigenvalue weighted by molar-refractivity contribution is -0.385. The summed E-state index contributed by atoms with van der Waals surface area (Å²) in [5.41, 5.74) is 0.915. The first-order valence-corrected chi connectivity index (χ1v) is 6.40. The normalized spacial score (nSPS) is 10.4. The van der Waals surface area contributed by atoms with Gasteiger partial charge in [-0.1, -0.05) is 17.8 Å². The molecule has 0 amide bonds. The molecule has 17 heavy (non-hydrogen) atoms. The van der Waals surface area contributed by atoms with E-state index >= 15 is 0 Å². The van der Waals surface area contributed by atoms with Crippen LogP contribution in [0.25, 0.3) is 0 Å². The fourth-order valence-electron chi connectivity index (χ4n) is 1.21. The van der Waals surface area contributed by atoms with Crippen LogP contribution >= 0.6 is 27.7 Å². The average molecular weight is 315 g/mol. The van der Waals surface area contributed by atoms with E-state index in [-0.39, 0.29) is 5.69 Å². The monoisotopic (exact) mass is 314 g/mol. The first-order valence-electron chi connectivity index (χ1n) is 4.62. The number of hydrogen-bond donors (Lipinski definition) is 0. The minimum absolute atomic E-state index is 0.0653. The van der Waals surface area contributed by atoms with Gasteiger partial charge in [0.25, 0.3) is 10.9 Å². The lowest BCUT2D eigenvalue weighted by atomic mass is 10.2. The zero-order valence-corrected chi connectivity index (χ0v) is 10.9. The number of rotatable bonds is 4. The number of thioether (sulfide) groups is 1. The molecule has 0 aliphatic rings. The van der Waals surface area contributed by atoms with E-state index in [0.717, 1.165) is 5.56 Å². The highest BCUT2D eigenvalue weighted by Gasteiger charge is 2.12. The molecule has 0 saturated heterocycles. The number of benzene rings is 1. The molecule has 1 heterocycles. The van der Waals surface area contributed by atoms with Crippen LogP contribution in [0.3, 0.4) is 0 Å². The molecule has 1 aromatic carbocycles. The van der Waals surface area contributed by atoms with E-state index in [1.807, 2.05) is 6.07 Å². The summed E-state index contributed by atoms with van der Waals surface area (Å²) in [5, 5.41) is 11.3. The van der Waals surface area contributed by atoms with Crippen LogP contribution in [0.5, 0.6) is 0 Å². The van der Waals surface area contributed by atoms with Crippen molar-refractivity contribution in [2.24, 2.45) is 0 Å². The minimum Gasteiger partial charge on any atom is -0.440 e. The maximum atomic E-state index is 10.7. The van der Waals surface area contributed by atoms with Crippen LogP contribution in [0.15, 0.2) is 44.8 Å². The standard InChI is InChI=1S/C10H7BrN2O3S/c11-8-2-1-7(5-9(8)13(14)15)6-17-10-12-3-4-16-10/h1-5H,6H2. The second-order valence-electron chi connectivity index (χ2n) is 3.13. The van der Waals surface area contributed by atoms with Gasteiger partial charge in [-0.2, -0.15) is 0 Å². The van der Waals surface area contributed by atoms with E-state index in [1.165, 1.54) is 18.0 Å². The molecule has 0 saturated carbocycles. The van der Waals surface area contributed by atoms with Gasteiger partial charge in [0, 0.05) is 11.8 Å². The second kappa shape index (κ2) is 5.33. The average Bonchev–Trinajstić information content (AvgIpc) is 2.80. The van der Waals surface area contributed by atoms with E-state index in [2.05, 4.69) is 20.9 Å². The van der Waals surface area contributed by atoms with Gasteiger partial charge in [0.15, 0.2) is 0 Å². The van der Waals surface area contributed by atoms with Crippen molar-refractivity contribution in [2.45, 2.75) is 11.0 Å². The third-order valence-electron chi connectivity index (χ3n) is 1.98. The fraction of sp³-hybridized carbons (Fsp3) is 0.100. The van der Waals surface area contributed by atoms with Gasteiger partial charge >= 0.3 is 0 Å². The summed E-state index contributed by atoms with van der Waals surface area (Å²) in [6.07, 6.45) is 3.05. The van der Waals surface area contributed by atoms with E-state index < -0.39 is 4.92 Å². The molecule has 0 spiro atoms. The molecular formula is C10H7BrN2O3S. The van der Waals surface area contributed by atoms with E-state index in [4.69, 9.17) is 4.42 Å². The summed E-state index contributed by atoms with van der Waals surface area (Å²) in [6.45, 7) is 0. The number of nitro benzene ring substituents is 1. The van der Waals surface area contributed by atoms with Crippen LogP contribution in [-0.4, -0.2) is 9.91 Å². The van der Waals surface area contributed by atoms with Gasteiger partial charge in [-0.15, -0.1) is 0 Å². The Morgan fingerprint density at radius 2 is 2.35 bits per heavy atom. The zero-order valence-electron chi connectivity index (χ0n) is 8.50. The Hall–Kier alpha value is -1.34. The van der Waals surface area contributed by atoms with Gasteiger partial charge in [-0.3, -0.25) is 10.1 Å². The zero-order chi connectivity index (χ0) is 12.3. The van der Waals surface area contributed by atoms with Gasteiger partial charge in [0.2, 0.25) is 0 Å². The lowest BCUT2D eigenvalue weighted by Crippen LogP contribution is -1.91. The molecule has 0 radical (unpaired) electrons. The Morgan fingerprint density at radius 3 is 3.00 bits per heavy atom. The summed E-state index contributed by atoms with van der Waals surface area (Å²) in [5.74, 6) is 0.578. The third kappa shape index (κ3) is 3.07. The van der Waals surface area contributed by atoms with Crippen molar-refractivity contribution < 1.29 is 9.34 Å². The van der Waals surface area contributed by atoms with Crippen LogP contribution in [0.1, 0.15) is 5.56 Å². The first-order chi connectivity index (χ1) is 8.16. The SMILES string of the molecule is O=[N+]([O-])c1cc(CSc2ncco2)ccc1Br. The number of nitro groups is 1. The Morgan fingerprint density at radius 1 is 1.53 bits per heavy atom. The van der Waals surface area contributed by atoms with Crippen LogP contribution in [0, 0.1) is 10.1 Å². The van der Waals surface area contributed by atoms with E-state index in [9.17, 15) is 10.1 Å². The van der Waals surface area contributed by atoms with Gasteiger partial charge in [-0.05, 0) is 27.6 Å². The molecule has 5 nitrogen and oxygen atoms in total. The molecule has 0 aliphatic carbocycles. The molecule has 0 bridgehead atoms. The Labute approximate surface area is 110 Å². The summed E-state index contributed by atoms with van der Waals surface area (Å²) >= 11 is 4.53. The van der Waals surface area contributed by atoms with E-state index in [0.29, 0.717) is 15.4 Å². The highest BCUT2D eigenvalue weighted by atomic mass is 79.9. The van der Waals surface area contributed by atoms with Crippen molar-refractivity contribution in [1.29, 1.82) is 0 Å². The predicted molar refractivity (Wildman–Crippen MR) is 66.9 cm³/mol. The molecular weight excluding hydrogens is 308 g/mol. The molecule has 0 N–H and O–H groups in total. The van der Waals surface area contributed by atoms with Gasteiger partial charge in [0.05, 0.1) is 15.6 Å². The molecule has 0 fully saturated rings. The van der Waals surface area contributed by atoms with E-state index in [1.54, 1.807) is 18.3 Å². The second-order valence-corrected chi connectivity index (χ2v) is 4.91. The molecule has 7 heteroatoms. The van der Waals surface area contributed by atoms with Crippen molar-refractivity contribution in [3.05, 3.63) is 50.8 Å². The molecule has 2 rings (SSSR count). The summed E-state index contributed by atoms with van der Waals surface area (Å²) in [4.78, 5) is 14.3. The Bertz CT molecular complexity index is 530. The predicted octanol–water partition coefficient (Wildman–Crippen LogP) is 3.64. The number of halogens is 1. The molecule has 0 aliphatic heterocycles. The smallest absolute Gasteiger partial charge is 0.283 e. The highest BCUT2D eigenvalue weighted by molar-refractivity contribution is 9.10. The number of nitrogens with zero attached hydrogens (tertiary/aromatic N) is 2. The van der Waals surface area contributed by atoms with Crippen LogP contribution in [0.4, 0.5) is 5.69 Å². The van der Waals surface area contributed by atoms with Crippen molar-refractivity contribution in [3.63, 3.8) is 0 Å². The Balaban J connectivity index is 2.11. The van der Waals surface area contributed by atoms with Gasteiger partial charge in [-0.25, -0.2) is 4.98 Å². The maximum Gasteiger partial charge on any atom is 0.283 e. The summed E-state index contributed by atoms with van der Waals surface area (Å²) in [7, 11) is 0. The van der Waals surface area contributed by atoms with Crippen LogP contribution < -0.4 is 0 Å². The third-order valence-corrected chi connectivity index (χ3v) is 3.58. The van der Waals surface area contributed by atoms with Crippen molar-refractivity contribution in [3.8, 4) is 0 Å². The van der Waals surface area contributed by atoms with Gasteiger partial charge < -0.3 is 4.42 Å². The highest BCUT2D eigenvalue weighted by Crippen LogP contribution is 2.28. The molecule has 88 valence electrons. The topological polar surface area (TPSA) is 69.2 Å². The number of oxazole rings is 1. The van der Waals surface area contributed by atoms with Crippen molar-refractivity contribution >= 4 is 33.4 Å². The molecule has 0 unspecified atom stereocenters. The van der Waals surface area contributed by atoms with Crippen LogP contribution in [-0.2, 0) is 5.75 Å². The molecule has 2 aromatic rings. The van der Waals surface area contributed by atoms with Crippen LogP contribution in [0.2, 0.25) is 0 Å². The van der Waals surface area contributed by atoms with Gasteiger partial charge in [0.1, 0.15) is 6.26 Å². The number of hydrogen-bond acceptors (Lipinski definition) is 5.